The van der Waals surface area contributed by atoms with Crippen LogP contribution < -0.4 is 5.73 Å². The van der Waals surface area contributed by atoms with E-state index >= 15 is 0 Å². The van der Waals surface area contributed by atoms with E-state index in [4.69, 9.17) is 10.2 Å². The van der Waals surface area contributed by atoms with Crippen LogP contribution in [-0.4, -0.2) is 24.0 Å². The minimum absolute atomic E-state index is 0.324. The van der Waals surface area contributed by atoms with Gasteiger partial charge in [-0.25, -0.2) is 0 Å². The van der Waals surface area contributed by atoms with E-state index in [1.54, 1.807) is 0 Å². The molecule has 102 valence electrons. The van der Waals surface area contributed by atoms with Gasteiger partial charge in [-0.2, -0.15) is 0 Å². The molecule has 1 saturated heterocycles. The van der Waals surface area contributed by atoms with Crippen LogP contribution in [0.3, 0.4) is 0 Å². The van der Waals surface area contributed by atoms with Crippen LogP contribution >= 0.6 is 0 Å². The summed E-state index contributed by atoms with van der Waals surface area (Å²) in [6.45, 7) is 2.99. The van der Waals surface area contributed by atoms with Gasteiger partial charge in [0.15, 0.2) is 0 Å². The van der Waals surface area contributed by atoms with Gasteiger partial charge in [0.25, 0.3) is 0 Å². The van der Waals surface area contributed by atoms with Gasteiger partial charge >= 0.3 is 0 Å². The Morgan fingerprint density at radius 1 is 1.10 bits per heavy atom. The van der Waals surface area contributed by atoms with Crippen molar-refractivity contribution in [1.29, 1.82) is 0 Å². The van der Waals surface area contributed by atoms with Crippen molar-refractivity contribution in [3.63, 3.8) is 0 Å². The van der Waals surface area contributed by atoms with Crippen molar-refractivity contribution in [2.45, 2.75) is 19.0 Å². The summed E-state index contributed by atoms with van der Waals surface area (Å²) in [4.78, 5) is 2.41. The topological polar surface area (TPSA) is 42.4 Å². The third-order valence-corrected chi connectivity index (χ3v) is 4.19. The highest BCUT2D eigenvalue weighted by molar-refractivity contribution is 6.05. The zero-order valence-electron chi connectivity index (χ0n) is 11.4. The lowest BCUT2D eigenvalue weighted by Crippen LogP contribution is -2.26. The first-order valence-corrected chi connectivity index (χ1v) is 7.18. The maximum Gasteiger partial charge on any atom is 0.139 e. The maximum absolute atomic E-state index is 6.06. The predicted octanol–water partition coefficient (Wildman–Crippen LogP) is 3.12. The molecule has 0 amide bonds. The van der Waals surface area contributed by atoms with Crippen molar-refractivity contribution in [2.24, 2.45) is 5.73 Å². The molecule has 0 saturated carbocycles. The van der Waals surface area contributed by atoms with E-state index in [1.165, 1.54) is 16.3 Å². The minimum atomic E-state index is 0.324. The van der Waals surface area contributed by atoms with Crippen molar-refractivity contribution in [2.75, 3.05) is 13.1 Å². The second-order valence-corrected chi connectivity index (χ2v) is 5.68. The summed E-state index contributed by atoms with van der Waals surface area (Å²) >= 11 is 0. The van der Waals surface area contributed by atoms with Crippen LogP contribution in [0.1, 0.15) is 12.0 Å². The smallest absolute Gasteiger partial charge is 0.139 e. The average molecular weight is 266 g/mol. The van der Waals surface area contributed by atoms with E-state index in [2.05, 4.69) is 35.2 Å². The fraction of sp³-hybridized carbons (Fsp3) is 0.294. The van der Waals surface area contributed by atoms with Gasteiger partial charge in [0.1, 0.15) is 11.2 Å². The summed E-state index contributed by atoms with van der Waals surface area (Å²) < 4.78 is 6.06. The molecule has 1 aromatic heterocycles. The maximum atomic E-state index is 6.06. The van der Waals surface area contributed by atoms with E-state index in [1.807, 2.05) is 12.1 Å². The number of likely N-dealkylation sites (tertiary alicyclic amines) is 1. The van der Waals surface area contributed by atoms with Crippen LogP contribution in [0.15, 0.2) is 46.9 Å². The Hall–Kier alpha value is -1.84. The third-order valence-electron chi connectivity index (χ3n) is 4.19. The first kappa shape index (κ1) is 11.9. The lowest BCUT2D eigenvalue weighted by Gasteiger charge is -2.15. The normalized spacial score (nSPS) is 20.1. The molecule has 2 heterocycles. The minimum Gasteiger partial charge on any atom is -0.456 e. The van der Waals surface area contributed by atoms with E-state index in [9.17, 15) is 0 Å². The van der Waals surface area contributed by atoms with Gasteiger partial charge in [0.2, 0.25) is 0 Å². The van der Waals surface area contributed by atoms with Gasteiger partial charge in [-0.05, 0) is 12.5 Å². The predicted molar refractivity (Wildman–Crippen MR) is 81.6 cm³/mol. The second-order valence-electron chi connectivity index (χ2n) is 5.68. The molecule has 2 aromatic carbocycles. The van der Waals surface area contributed by atoms with Crippen molar-refractivity contribution in [3.8, 4) is 0 Å². The van der Waals surface area contributed by atoms with E-state index < -0.39 is 0 Å². The zero-order valence-corrected chi connectivity index (χ0v) is 11.4. The number of nitrogens with zero attached hydrogens (tertiary/aromatic N) is 1. The molecule has 0 bridgehead atoms. The summed E-state index contributed by atoms with van der Waals surface area (Å²) in [5.41, 5.74) is 9.23. The third kappa shape index (κ3) is 1.90. The average Bonchev–Trinajstić information content (AvgIpc) is 3.03. The lowest BCUT2D eigenvalue weighted by atomic mass is 10.1. The summed E-state index contributed by atoms with van der Waals surface area (Å²) in [5, 5.41) is 2.41. The van der Waals surface area contributed by atoms with Crippen molar-refractivity contribution < 1.29 is 4.42 Å². The fourth-order valence-electron chi connectivity index (χ4n) is 3.18. The van der Waals surface area contributed by atoms with E-state index in [0.29, 0.717) is 6.04 Å². The van der Waals surface area contributed by atoms with Gasteiger partial charge in [-0.1, -0.05) is 36.4 Å². The monoisotopic (exact) mass is 266 g/mol. The number of nitrogens with two attached hydrogens (primary N) is 1. The SMILES string of the molecule is NC1CCN(Cc2cccc3c2oc2ccccc23)C1. The lowest BCUT2D eigenvalue weighted by molar-refractivity contribution is 0.327. The molecule has 1 aliphatic heterocycles. The first-order chi connectivity index (χ1) is 9.81. The zero-order chi connectivity index (χ0) is 13.5. The largest absolute Gasteiger partial charge is 0.456 e. The number of benzene rings is 2. The standard InChI is InChI=1S/C17H18N2O/c18-13-8-9-19(11-13)10-12-4-3-6-15-14-5-1-2-7-16(14)20-17(12)15/h1-7,13H,8-11,18H2. The molecule has 3 heteroatoms. The molecule has 1 aliphatic rings. The van der Waals surface area contributed by atoms with Gasteiger partial charge in [0, 0.05) is 42.0 Å². The molecule has 1 fully saturated rings. The highest BCUT2D eigenvalue weighted by Crippen LogP contribution is 2.31. The summed E-state index contributed by atoms with van der Waals surface area (Å²) in [5.74, 6) is 0. The molecule has 20 heavy (non-hydrogen) atoms. The number of furan rings is 1. The molecule has 3 nitrogen and oxygen atoms in total. The van der Waals surface area contributed by atoms with Crippen molar-refractivity contribution in [1.82, 2.24) is 4.90 Å². The summed E-state index contributed by atoms with van der Waals surface area (Å²) in [6.07, 6.45) is 1.09. The van der Waals surface area contributed by atoms with Crippen molar-refractivity contribution in [3.05, 3.63) is 48.0 Å². The van der Waals surface area contributed by atoms with Gasteiger partial charge in [0.05, 0.1) is 0 Å². The number of hydrogen-bond acceptors (Lipinski definition) is 3. The van der Waals surface area contributed by atoms with Crippen LogP contribution in [0.4, 0.5) is 0 Å². The number of fused-ring (bicyclic) bond motifs is 3. The molecule has 0 aliphatic carbocycles. The Bertz CT molecular complexity index is 762. The summed E-state index contributed by atoms with van der Waals surface area (Å²) in [6, 6.07) is 15.0. The second kappa shape index (κ2) is 4.62. The highest BCUT2D eigenvalue weighted by atomic mass is 16.3. The molecule has 2 N–H and O–H groups in total. The Balaban J connectivity index is 1.79. The Morgan fingerprint density at radius 3 is 2.80 bits per heavy atom. The quantitative estimate of drug-likeness (QED) is 0.775. The van der Waals surface area contributed by atoms with Crippen LogP contribution in [0.2, 0.25) is 0 Å². The number of para-hydroxylation sites is 2. The van der Waals surface area contributed by atoms with Crippen LogP contribution in [0, 0.1) is 0 Å². The van der Waals surface area contributed by atoms with E-state index in [-0.39, 0.29) is 0 Å². The molecular weight excluding hydrogens is 248 g/mol. The molecule has 1 unspecified atom stereocenters. The Labute approximate surface area is 118 Å². The van der Waals surface area contributed by atoms with Crippen LogP contribution in [-0.2, 0) is 6.54 Å². The molecule has 0 spiro atoms. The van der Waals surface area contributed by atoms with Crippen LogP contribution in [0.25, 0.3) is 21.9 Å². The van der Waals surface area contributed by atoms with Gasteiger partial charge < -0.3 is 10.2 Å². The highest BCUT2D eigenvalue weighted by Gasteiger charge is 2.20. The fourth-order valence-corrected chi connectivity index (χ4v) is 3.18. The van der Waals surface area contributed by atoms with E-state index in [0.717, 1.165) is 37.2 Å². The molecule has 3 aromatic rings. The molecule has 1 atom stereocenters. The molecular formula is C17H18N2O. The molecule has 4 rings (SSSR count). The van der Waals surface area contributed by atoms with Crippen LogP contribution in [0.5, 0.6) is 0 Å². The first-order valence-electron chi connectivity index (χ1n) is 7.18. The molecule has 0 radical (unpaired) electrons. The Morgan fingerprint density at radius 2 is 1.95 bits per heavy atom. The number of rotatable bonds is 2. The van der Waals surface area contributed by atoms with Gasteiger partial charge in [-0.15, -0.1) is 0 Å². The Kier molecular flexibility index (Phi) is 2.76. The van der Waals surface area contributed by atoms with Gasteiger partial charge in [-0.3, -0.25) is 4.90 Å². The van der Waals surface area contributed by atoms with Crippen molar-refractivity contribution >= 4 is 21.9 Å². The summed E-state index contributed by atoms with van der Waals surface area (Å²) in [7, 11) is 0. The number of hydrogen-bond donors (Lipinski definition) is 1.